The SMILES string of the molecule is C[C@@H](Cc1ccccc1)N(C)C.[C-]#[O+].[C-]#[O+].[C-]#[O+].[CH3-].[Cr]. The van der Waals surface area contributed by atoms with Crippen LogP contribution in [0.25, 0.3) is 0 Å². The van der Waals surface area contributed by atoms with Crippen molar-refractivity contribution in [3.05, 3.63) is 63.3 Å². The molecule has 4 nitrogen and oxygen atoms in total. The van der Waals surface area contributed by atoms with Crippen molar-refractivity contribution >= 4 is 0 Å². The molecule has 0 N–H and O–H groups in total. The topological polar surface area (TPSA) is 62.9 Å². The van der Waals surface area contributed by atoms with Gasteiger partial charge in [-0.1, -0.05) is 30.3 Å². The zero-order chi connectivity index (χ0) is 15.0. The van der Waals surface area contributed by atoms with E-state index in [1.54, 1.807) is 0 Å². The Morgan fingerprint density at radius 1 is 0.950 bits per heavy atom. The first-order valence-corrected chi connectivity index (χ1v) is 5.01. The van der Waals surface area contributed by atoms with Gasteiger partial charge in [-0.15, -0.1) is 0 Å². The van der Waals surface area contributed by atoms with Gasteiger partial charge in [0.15, 0.2) is 0 Å². The number of benzene rings is 1. The van der Waals surface area contributed by atoms with Crippen LogP contribution in [0.2, 0.25) is 0 Å². The first-order valence-electron chi connectivity index (χ1n) is 5.01. The maximum atomic E-state index is 7.50. The van der Waals surface area contributed by atoms with E-state index in [-0.39, 0.29) is 24.8 Å². The Labute approximate surface area is 133 Å². The third kappa shape index (κ3) is 19.3. The molecule has 1 rings (SSSR count). The molecule has 20 heavy (non-hydrogen) atoms. The monoisotopic (exact) mass is 314 g/mol. The molecule has 0 aliphatic rings. The minimum absolute atomic E-state index is 0. The van der Waals surface area contributed by atoms with E-state index in [0.29, 0.717) is 6.04 Å². The Bertz CT molecular complexity index is 320. The van der Waals surface area contributed by atoms with Gasteiger partial charge in [0.05, 0.1) is 0 Å². The second-order valence-electron chi connectivity index (χ2n) is 3.50. The molecule has 0 fully saturated rings. The molecular formula is C15H20CrNO3-. The Morgan fingerprint density at radius 3 is 1.60 bits per heavy atom. The molecule has 0 heterocycles. The fourth-order valence-electron chi connectivity index (χ4n) is 1.14. The van der Waals surface area contributed by atoms with Gasteiger partial charge in [-0.25, -0.2) is 0 Å². The van der Waals surface area contributed by atoms with Crippen molar-refractivity contribution in [1.29, 1.82) is 0 Å². The Kier molecular flexibility index (Phi) is 41.5. The summed E-state index contributed by atoms with van der Waals surface area (Å²) < 4.78 is 22.5. The van der Waals surface area contributed by atoms with E-state index in [9.17, 15) is 0 Å². The standard InChI is InChI=1S/C11H17N.3CO.CH3.Cr/c1-10(12(2)3)9-11-7-5-4-6-8-11;3*1-2;;/h4-8,10H,9H2,1-3H3;;;;1H3;/q;;;;-1;/t10-;;;;;/m0...../s1. The number of rotatable bonds is 3. The van der Waals surface area contributed by atoms with Crippen LogP contribution < -0.4 is 0 Å². The fraction of sp³-hybridized carbons (Fsp3) is 0.333. The van der Waals surface area contributed by atoms with Crippen LogP contribution >= 0.6 is 0 Å². The summed E-state index contributed by atoms with van der Waals surface area (Å²) in [4.78, 5) is 2.24. The fourth-order valence-corrected chi connectivity index (χ4v) is 1.14. The minimum atomic E-state index is 0. The summed E-state index contributed by atoms with van der Waals surface area (Å²) in [6, 6.07) is 11.2. The van der Waals surface area contributed by atoms with Gasteiger partial charge >= 0.3 is 33.9 Å². The van der Waals surface area contributed by atoms with Crippen molar-refractivity contribution in [2.45, 2.75) is 19.4 Å². The maximum Gasteiger partial charge on any atom is 0 e. The first kappa shape index (κ1) is 31.4. The second kappa shape index (κ2) is 26.5. The van der Waals surface area contributed by atoms with E-state index in [2.05, 4.69) is 76.2 Å². The molecule has 0 amide bonds. The van der Waals surface area contributed by atoms with Gasteiger partial charge in [-0.05, 0) is 33.0 Å². The molecule has 0 aliphatic heterocycles. The molecule has 0 spiro atoms. The molecule has 0 aromatic heterocycles. The molecule has 1 aromatic carbocycles. The summed E-state index contributed by atoms with van der Waals surface area (Å²) in [6.07, 6.45) is 1.13. The third-order valence-corrected chi connectivity index (χ3v) is 2.26. The molecule has 1 atom stereocenters. The summed E-state index contributed by atoms with van der Waals surface area (Å²) in [5, 5.41) is 0. The summed E-state index contributed by atoms with van der Waals surface area (Å²) in [6.45, 7) is 15.7. The number of hydrogen-bond donors (Lipinski definition) is 0. The van der Waals surface area contributed by atoms with Crippen LogP contribution in [0.1, 0.15) is 12.5 Å². The van der Waals surface area contributed by atoms with Crippen LogP contribution in [0.3, 0.4) is 0 Å². The average Bonchev–Trinajstić information content (AvgIpc) is 2.46. The summed E-state index contributed by atoms with van der Waals surface area (Å²) >= 11 is 0. The minimum Gasteiger partial charge on any atom is -0.358 e. The van der Waals surface area contributed by atoms with Crippen molar-refractivity contribution in [1.82, 2.24) is 4.90 Å². The van der Waals surface area contributed by atoms with Crippen LogP contribution in [-0.4, -0.2) is 25.0 Å². The average molecular weight is 314 g/mol. The van der Waals surface area contributed by atoms with E-state index in [1.807, 2.05) is 0 Å². The van der Waals surface area contributed by atoms with Crippen molar-refractivity contribution in [2.24, 2.45) is 0 Å². The van der Waals surface area contributed by atoms with Crippen molar-refractivity contribution < 1.29 is 31.3 Å². The molecule has 0 bridgehead atoms. The van der Waals surface area contributed by atoms with Crippen LogP contribution in [-0.2, 0) is 37.7 Å². The van der Waals surface area contributed by atoms with Crippen LogP contribution in [0.5, 0.6) is 0 Å². The van der Waals surface area contributed by atoms with E-state index >= 15 is 0 Å². The van der Waals surface area contributed by atoms with Crippen molar-refractivity contribution in [3.63, 3.8) is 0 Å². The van der Waals surface area contributed by atoms with E-state index in [1.165, 1.54) is 5.56 Å². The molecule has 5 heteroatoms. The van der Waals surface area contributed by atoms with E-state index in [4.69, 9.17) is 14.0 Å². The van der Waals surface area contributed by atoms with Gasteiger partial charge in [0.1, 0.15) is 0 Å². The number of hydrogen-bond acceptors (Lipinski definition) is 1. The maximum absolute atomic E-state index is 7.50. The molecule has 0 saturated heterocycles. The van der Waals surface area contributed by atoms with Crippen LogP contribution in [0, 0.1) is 27.4 Å². The Balaban J connectivity index is -0.0000000833. The van der Waals surface area contributed by atoms with Gasteiger partial charge < -0.3 is 12.3 Å². The van der Waals surface area contributed by atoms with Gasteiger partial charge in [0, 0.05) is 23.4 Å². The third-order valence-electron chi connectivity index (χ3n) is 2.26. The van der Waals surface area contributed by atoms with Crippen LogP contribution in [0.15, 0.2) is 30.3 Å². The Hall–Kier alpha value is -1.07. The van der Waals surface area contributed by atoms with Crippen LogP contribution in [0.4, 0.5) is 0 Å². The molecule has 0 aliphatic carbocycles. The smallest absolute Gasteiger partial charge is 0 e. The van der Waals surface area contributed by atoms with E-state index < -0.39 is 0 Å². The molecular weight excluding hydrogens is 294 g/mol. The summed E-state index contributed by atoms with van der Waals surface area (Å²) in [5.41, 5.74) is 1.42. The Morgan fingerprint density at radius 2 is 1.30 bits per heavy atom. The van der Waals surface area contributed by atoms with Gasteiger partial charge in [0.25, 0.3) is 0 Å². The normalized spacial score (nSPS) is 8.30. The number of nitrogens with zero attached hydrogens (tertiary/aromatic N) is 1. The van der Waals surface area contributed by atoms with Gasteiger partial charge in [-0.2, -0.15) is 0 Å². The molecule has 0 radical (unpaired) electrons. The molecule has 0 saturated carbocycles. The molecule has 1 aromatic rings. The van der Waals surface area contributed by atoms with Crippen molar-refractivity contribution in [3.8, 4) is 0 Å². The molecule has 110 valence electrons. The first-order chi connectivity index (χ1) is 8.70. The predicted molar refractivity (Wildman–Crippen MR) is 71.5 cm³/mol. The predicted octanol–water partition coefficient (Wildman–Crippen LogP) is 2.51. The zero-order valence-electron chi connectivity index (χ0n) is 12.3. The largest absolute Gasteiger partial charge is 0.358 e. The van der Waals surface area contributed by atoms with Gasteiger partial charge in [0.2, 0.25) is 0 Å². The van der Waals surface area contributed by atoms with Gasteiger partial charge in [-0.3, -0.25) is 0 Å². The van der Waals surface area contributed by atoms with Crippen molar-refractivity contribution in [2.75, 3.05) is 14.1 Å². The summed E-state index contributed by atoms with van der Waals surface area (Å²) in [7, 11) is 4.24. The quantitative estimate of drug-likeness (QED) is 0.624. The second-order valence-corrected chi connectivity index (χ2v) is 3.50. The zero-order valence-corrected chi connectivity index (χ0v) is 13.5. The molecule has 0 unspecified atom stereocenters. The number of likely N-dealkylation sites (N-methyl/N-ethyl adjacent to an activating group) is 1. The summed E-state index contributed by atoms with van der Waals surface area (Å²) in [5.74, 6) is 0. The van der Waals surface area contributed by atoms with E-state index in [0.717, 1.165) is 6.42 Å².